The summed E-state index contributed by atoms with van der Waals surface area (Å²) in [7, 11) is 0. The van der Waals surface area contributed by atoms with E-state index in [4.69, 9.17) is 5.73 Å². The molecule has 0 aliphatic carbocycles. The van der Waals surface area contributed by atoms with Gasteiger partial charge in [0.2, 0.25) is 0 Å². The van der Waals surface area contributed by atoms with Crippen molar-refractivity contribution in [2.24, 2.45) is 5.73 Å². The summed E-state index contributed by atoms with van der Waals surface area (Å²) in [6, 6.07) is 0. The van der Waals surface area contributed by atoms with E-state index in [0.717, 1.165) is 19.4 Å². The van der Waals surface area contributed by atoms with Crippen molar-refractivity contribution in [2.45, 2.75) is 47.5 Å². The molecular weight excluding hydrogens is 206 g/mol. The molecule has 0 amide bonds. The molecule has 0 aliphatic heterocycles. The molecule has 0 unspecified atom stereocenters. The van der Waals surface area contributed by atoms with E-state index >= 15 is 0 Å². The molecule has 0 saturated heterocycles. The Bertz CT molecular complexity index is 444. The summed E-state index contributed by atoms with van der Waals surface area (Å²) in [5.41, 5.74) is 13.5. The van der Waals surface area contributed by atoms with Crippen molar-refractivity contribution in [3.05, 3.63) is 33.4 Å². The number of nitrogens with two attached hydrogens (primary N) is 1. The maximum absolute atomic E-state index is 5.47. The highest BCUT2D eigenvalue weighted by molar-refractivity contribution is 5.56. The highest BCUT2D eigenvalue weighted by Gasteiger charge is 2.09. The zero-order valence-corrected chi connectivity index (χ0v) is 11.7. The molecule has 0 spiro atoms. The first kappa shape index (κ1) is 13.8. The number of unbranched alkanes of at least 4 members (excludes halogenated alkanes) is 1. The fraction of sp³-hybridized carbons (Fsp3) is 0.500. The van der Waals surface area contributed by atoms with Gasteiger partial charge in [0.15, 0.2) is 0 Å². The quantitative estimate of drug-likeness (QED) is 0.611. The normalized spacial score (nSPS) is 10.0. The van der Waals surface area contributed by atoms with Crippen molar-refractivity contribution in [3.8, 4) is 11.8 Å². The van der Waals surface area contributed by atoms with Crippen LogP contribution >= 0.6 is 0 Å². The number of hydrogen-bond donors (Lipinski definition) is 1. The van der Waals surface area contributed by atoms with Crippen molar-refractivity contribution in [2.75, 3.05) is 6.54 Å². The van der Waals surface area contributed by atoms with Crippen LogP contribution in [-0.4, -0.2) is 6.54 Å². The molecule has 0 atom stereocenters. The van der Waals surface area contributed by atoms with Gasteiger partial charge in [-0.05, 0) is 75.4 Å². The first-order chi connectivity index (χ1) is 8.00. The molecule has 17 heavy (non-hydrogen) atoms. The van der Waals surface area contributed by atoms with E-state index in [9.17, 15) is 0 Å². The maximum atomic E-state index is 5.47. The smallest absolute Gasteiger partial charge is 0.0309 e. The molecule has 0 bridgehead atoms. The van der Waals surface area contributed by atoms with Gasteiger partial charge in [-0.15, -0.1) is 0 Å². The summed E-state index contributed by atoms with van der Waals surface area (Å²) in [5.74, 6) is 6.55. The van der Waals surface area contributed by atoms with E-state index in [0.29, 0.717) is 0 Å². The maximum Gasteiger partial charge on any atom is 0.0309 e. The third-order valence-electron chi connectivity index (χ3n) is 3.72. The van der Waals surface area contributed by atoms with Crippen LogP contribution in [0.3, 0.4) is 0 Å². The fourth-order valence-electron chi connectivity index (χ4n) is 2.03. The Morgan fingerprint density at radius 3 is 1.76 bits per heavy atom. The van der Waals surface area contributed by atoms with Crippen molar-refractivity contribution in [1.29, 1.82) is 0 Å². The van der Waals surface area contributed by atoms with Crippen LogP contribution in [0.25, 0.3) is 0 Å². The van der Waals surface area contributed by atoms with Crippen LogP contribution in [0, 0.1) is 46.5 Å². The van der Waals surface area contributed by atoms with E-state index in [1.807, 2.05) is 0 Å². The molecule has 1 aromatic rings. The summed E-state index contributed by atoms with van der Waals surface area (Å²) < 4.78 is 0. The van der Waals surface area contributed by atoms with Crippen LogP contribution < -0.4 is 5.73 Å². The van der Waals surface area contributed by atoms with E-state index in [2.05, 4.69) is 46.5 Å². The van der Waals surface area contributed by atoms with Crippen molar-refractivity contribution >= 4 is 0 Å². The Balaban J connectivity index is 3.19. The standard InChI is InChI=1S/C16H23N/c1-11-12(2)14(4)16(15(5)13(11)3)9-7-6-8-10-17/h6,8,10,17H2,1-5H3. The molecule has 0 saturated carbocycles. The second kappa shape index (κ2) is 5.89. The summed E-state index contributed by atoms with van der Waals surface area (Å²) in [6.45, 7) is 11.6. The van der Waals surface area contributed by atoms with Gasteiger partial charge >= 0.3 is 0 Å². The Labute approximate surface area is 105 Å². The van der Waals surface area contributed by atoms with E-state index in [1.54, 1.807) is 0 Å². The number of benzene rings is 1. The second-order valence-electron chi connectivity index (χ2n) is 4.69. The Hall–Kier alpha value is -1.26. The Kier molecular flexibility index (Phi) is 4.78. The molecule has 0 aromatic heterocycles. The third-order valence-corrected chi connectivity index (χ3v) is 3.72. The summed E-state index contributed by atoms with van der Waals surface area (Å²) in [6.07, 6.45) is 1.87. The molecule has 0 radical (unpaired) electrons. The minimum Gasteiger partial charge on any atom is -0.330 e. The lowest BCUT2D eigenvalue weighted by atomic mass is 9.90. The minimum absolute atomic E-state index is 0.721. The van der Waals surface area contributed by atoms with Crippen molar-refractivity contribution < 1.29 is 0 Å². The van der Waals surface area contributed by atoms with Crippen molar-refractivity contribution in [1.82, 2.24) is 0 Å². The monoisotopic (exact) mass is 229 g/mol. The molecule has 1 heteroatoms. The highest BCUT2D eigenvalue weighted by atomic mass is 14.5. The molecule has 1 aromatic carbocycles. The van der Waals surface area contributed by atoms with Crippen LogP contribution in [0.15, 0.2) is 0 Å². The van der Waals surface area contributed by atoms with Gasteiger partial charge in [0, 0.05) is 12.0 Å². The predicted molar refractivity (Wildman–Crippen MR) is 75.3 cm³/mol. The van der Waals surface area contributed by atoms with Crippen LogP contribution in [0.1, 0.15) is 46.2 Å². The topological polar surface area (TPSA) is 26.0 Å². The third kappa shape index (κ3) is 2.90. The SMILES string of the molecule is Cc1c(C)c(C)c(C#CCCCN)c(C)c1C. The van der Waals surface area contributed by atoms with Gasteiger partial charge in [0.1, 0.15) is 0 Å². The van der Waals surface area contributed by atoms with Gasteiger partial charge in [-0.3, -0.25) is 0 Å². The van der Waals surface area contributed by atoms with Gasteiger partial charge in [0.05, 0.1) is 0 Å². The van der Waals surface area contributed by atoms with Crippen LogP contribution in [0.4, 0.5) is 0 Å². The first-order valence-electron chi connectivity index (χ1n) is 6.26. The molecule has 0 fully saturated rings. The lowest BCUT2D eigenvalue weighted by Crippen LogP contribution is -2.00. The summed E-state index contributed by atoms with van der Waals surface area (Å²) in [4.78, 5) is 0. The van der Waals surface area contributed by atoms with E-state index < -0.39 is 0 Å². The summed E-state index contributed by atoms with van der Waals surface area (Å²) >= 11 is 0. The lowest BCUT2D eigenvalue weighted by molar-refractivity contribution is 0.870. The molecular formula is C16H23N. The lowest BCUT2D eigenvalue weighted by Gasteiger charge is -2.15. The largest absolute Gasteiger partial charge is 0.330 e. The molecule has 0 heterocycles. The zero-order chi connectivity index (χ0) is 13.0. The average molecular weight is 229 g/mol. The fourth-order valence-corrected chi connectivity index (χ4v) is 2.03. The van der Waals surface area contributed by atoms with E-state index in [1.165, 1.54) is 33.4 Å². The zero-order valence-electron chi connectivity index (χ0n) is 11.7. The predicted octanol–water partition coefficient (Wildman–Crippen LogP) is 3.32. The van der Waals surface area contributed by atoms with Crippen LogP contribution in [0.5, 0.6) is 0 Å². The first-order valence-corrected chi connectivity index (χ1v) is 6.26. The molecule has 1 nitrogen and oxygen atoms in total. The molecule has 2 N–H and O–H groups in total. The average Bonchev–Trinajstić information content (AvgIpc) is 2.33. The highest BCUT2D eigenvalue weighted by Crippen LogP contribution is 2.25. The number of hydrogen-bond acceptors (Lipinski definition) is 1. The summed E-state index contributed by atoms with van der Waals surface area (Å²) in [5, 5.41) is 0. The molecule has 92 valence electrons. The van der Waals surface area contributed by atoms with Gasteiger partial charge in [-0.2, -0.15) is 0 Å². The molecule has 0 aliphatic rings. The van der Waals surface area contributed by atoms with Gasteiger partial charge in [-0.1, -0.05) is 11.8 Å². The van der Waals surface area contributed by atoms with Crippen LogP contribution in [0.2, 0.25) is 0 Å². The van der Waals surface area contributed by atoms with E-state index in [-0.39, 0.29) is 0 Å². The van der Waals surface area contributed by atoms with Crippen LogP contribution in [-0.2, 0) is 0 Å². The Morgan fingerprint density at radius 1 is 0.824 bits per heavy atom. The minimum atomic E-state index is 0.721. The van der Waals surface area contributed by atoms with Gasteiger partial charge < -0.3 is 5.73 Å². The molecule has 1 rings (SSSR count). The Morgan fingerprint density at radius 2 is 1.29 bits per heavy atom. The second-order valence-corrected chi connectivity index (χ2v) is 4.69. The van der Waals surface area contributed by atoms with Gasteiger partial charge in [-0.25, -0.2) is 0 Å². The van der Waals surface area contributed by atoms with Crippen molar-refractivity contribution in [3.63, 3.8) is 0 Å². The van der Waals surface area contributed by atoms with Gasteiger partial charge in [0.25, 0.3) is 0 Å². The number of rotatable bonds is 2.